The Morgan fingerprint density at radius 2 is 1.71 bits per heavy atom. The Hall–Kier alpha value is -0.0800. The summed E-state index contributed by atoms with van der Waals surface area (Å²) in [5.41, 5.74) is -0.309. The van der Waals surface area contributed by atoms with Crippen LogP contribution in [0.3, 0.4) is 0 Å². The first-order chi connectivity index (χ1) is 6.83. The van der Waals surface area contributed by atoms with Gasteiger partial charge < -0.3 is 9.84 Å². The maximum absolute atomic E-state index is 10.6. The molecule has 2 saturated carbocycles. The molecule has 80 valence electrons. The van der Waals surface area contributed by atoms with Crippen molar-refractivity contribution in [3.8, 4) is 0 Å². The topological polar surface area (TPSA) is 29.5 Å². The van der Waals surface area contributed by atoms with Gasteiger partial charge in [0, 0.05) is 12.5 Å². The largest absolute Gasteiger partial charge is 0.389 e. The lowest BCUT2D eigenvalue weighted by molar-refractivity contribution is -0.0359. The highest BCUT2D eigenvalue weighted by molar-refractivity contribution is 5.16. The minimum atomic E-state index is -0.309. The molecule has 0 bridgehead atoms. The number of aliphatic hydroxyl groups is 1. The lowest BCUT2D eigenvalue weighted by Crippen LogP contribution is -2.33. The van der Waals surface area contributed by atoms with Gasteiger partial charge in [-0.05, 0) is 37.5 Å². The van der Waals surface area contributed by atoms with Gasteiger partial charge in [0.15, 0.2) is 0 Å². The van der Waals surface area contributed by atoms with Gasteiger partial charge in [0.25, 0.3) is 0 Å². The Kier molecular flexibility index (Phi) is 2.10. The molecule has 3 aliphatic rings. The second-order valence-electron chi connectivity index (χ2n) is 5.30. The molecule has 0 aromatic heterocycles. The third-order valence-corrected chi connectivity index (χ3v) is 4.66. The summed E-state index contributed by atoms with van der Waals surface area (Å²) in [5.74, 6) is 1.70. The van der Waals surface area contributed by atoms with E-state index in [0.717, 1.165) is 19.6 Å². The van der Waals surface area contributed by atoms with E-state index in [9.17, 15) is 5.11 Å². The van der Waals surface area contributed by atoms with Crippen LogP contribution in [0, 0.1) is 17.8 Å². The zero-order chi connectivity index (χ0) is 9.60. The molecule has 1 N–H and O–H groups in total. The lowest BCUT2D eigenvalue weighted by Gasteiger charge is -2.28. The summed E-state index contributed by atoms with van der Waals surface area (Å²) in [5, 5.41) is 10.6. The zero-order valence-electron chi connectivity index (χ0n) is 8.74. The van der Waals surface area contributed by atoms with E-state index >= 15 is 0 Å². The van der Waals surface area contributed by atoms with Crippen molar-refractivity contribution >= 4 is 0 Å². The van der Waals surface area contributed by atoms with Gasteiger partial charge in [0.1, 0.15) is 0 Å². The Balaban J connectivity index is 1.71. The molecule has 3 rings (SSSR count). The van der Waals surface area contributed by atoms with Crippen molar-refractivity contribution in [1.82, 2.24) is 0 Å². The minimum Gasteiger partial charge on any atom is -0.389 e. The van der Waals surface area contributed by atoms with Gasteiger partial charge in [0.2, 0.25) is 0 Å². The first kappa shape index (κ1) is 9.17. The fourth-order valence-corrected chi connectivity index (χ4v) is 3.85. The van der Waals surface area contributed by atoms with Crippen LogP contribution in [0.1, 0.15) is 38.5 Å². The number of fused-ring (bicyclic) bond motifs is 1. The standard InChI is InChI=1S/C12H20O2/c13-12(9-4-3-7-14-8-9)10-5-1-2-6-11(10)12/h9-11,13H,1-8H2. The third kappa shape index (κ3) is 1.17. The Labute approximate surface area is 85.6 Å². The van der Waals surface area contributed by atoms with Crippen molar-refractivity contribution in [2.45, 2.75) is 44.1 Å². The minimum absolute atomic E-state index is 0.309. The number of ether oxygens (including phenoxy) is 1. The van der Waals surface area contributed by atoms with E-state index in [4.69, 9.17) is 4.74 Å². The summed E-state index contributed by atoms with van der Waals surface area (Å²) in [6, 6.07) is 0. The molecule has 2 heteroatoms. The van der Waals surface area contributed by atoms with Gasteiger partial charge in [-0.1, -0.05) is 12.8 Å². The SMILES string of the molecule is OC1(C2CCCOC2)C2CCCCC21. The van der Waals surface area contributed by atoms with E-state index in [2.05, 4.69) is 0 Å². The molecule has 1 heterocycles. The molecule has 3 atom stereocenters. The van der Waals surface area contributed by atoms with Crippen molar-refractivity contribution < 1.29 is 9.84 Å². The fraction of sp³-hybridized carbons (Fsp3) is 1.00. The van der Waals surface area contributed by atoms with E-state index in [1.807, 2.05) is 0 Å². The molecule has 1 aliphatic heterocycles. The third-order valence-electron chi connectivity index (χ3n) is 4.66. The van der Waals surface area contributed by atoms with Gasteiger partial charge in [-0.25, -0.2) is 0 Å². The first-order valence-electron chi connectivity index (χ1n) is 6.13. The van der Waals surface area contributed by atoms with Crippen LogP contribution < -0.4 is 0 Å². The summed E-state index contributed by atoms with van der Waals surface area (Å²) in [6.07, 6.45) is 7.51. The molecular formula is C12H20O2. The predicted molar refractivity (Wildman–Crippen MR) is 53.9 cm³/mol. The molecular weight excluding hydrogens is 176 g/mol. The molecule has 2 aliphatic carbocycles. The van der Waals surface area contributed by atoms with Crippen molar-refractivity contribution in [2.75, 3.05) is 13.2 Å². The van der Waals surface area contributed by atoms with Crippen molar-refractivity contribution in [1.29, 1.82) is 0 Å². The lowest BCUT2D eigenvalue weighted by atomic mass is 9.91. The van der Waals surface area contributed by atoms with Crippen LogP contribution in [0.2, 0.25) is 0 Å². The highest BCUT2D eigenvalue weighted by Crippen LogP contribution is 2.63. The highest BCUT2D eigenvalue weighted by Gasteiger charge is 2.66. The summed E-state index contributed by atoms with van der Waals surface area (Å²) in [7, 11) is 0. The molecule has 2 nitrogen and oxygen atoms in total. The normalized spacial score (nSPS) is 52.5. The molecule has 0 radical (unpaired) electrons. The molecule has 1 saturated heterocycles. The molecule has 0 amide bonds. The maximum Gasteiger partial charge on any atom is 0.0761 e. The van der Waals surface area contributed by atoms with E-state index in [-0.39, 0.29) is 5.60 Å². The summed E-state index contributed by atoms with van der Waals surface area (Å²) >= 11 is 0. The smallest absolute Gasteiger partial charge is 0.0761 e. The summed E-state index contributed by atoms with van der Waals surface area (Å²) in [4.78, 5) is 0. The Morgan fingerprint density at radius 1 is 1.00 bits per heavy atom. The van der Waals surface area contributed by atoms with Crippen LogP contribution in [0.25, 0.3) is 0 Å². The van der Waals surface area contributed by atoms with Gasteiger partial charge in [-0.2, -0.15) is 0 Å². The van der Waals surface area contributed by atoms with Gasteiger partial charge in [-0.15, -0.1) is 0 Å². The molecule has 3 fully saturated rings. The van der Waals surface area contributed by atoms with Gasteiger partial charge in [-0.3, -0.25) is 0 Å². The number of rotatable bonds is 1. The second-order valence-corrected chi connectivity index (χ2v) is 5.30. The van der Waals surface area contributed by atoms with E-state index < -0.39 is 0 Å². The van der Waals surface area contributed by atoms with E-state index in [0.29, 0.717) is 17.8 Å². The average Bonchev–Trinajstić information content (AvgIpc) is 2.89. The zero-order valence-corrected chi connectivity index (χ0v) is 8.74. The van der Waals surface area contributed by atoms with Crippen LogP contribution in [-0.4, -0.2) is 23.9 Å². The van der Waals surface area contributed by atoms with Crippen LogP contribution >= 0.6 is 0 Å². The fourth-order valence-electron chi connectivity index (χ4n) is 3.85. The molecule has 14 heavy (non-hydrogen) atoms. The number of hydrogen-bond acceptors (Lipinski definition) is 2. The van der Waals surface area contributed by atoms with Crippen molar-refractivity contribution in [3.05, 3.63) is 0 Å². The van der Waals surface area contributed by atoms with Crippen LogP contribution in [-0.2, 0) is 4.74 Å². The summed E-state index contributed by atoms with van der Waals surface area (Å²) < 4.78 is 5.49. The van der Waals surface area contributed by atoms with Crippen LogP contribution in [0.4, 0.5) is 0 Å². The van der Waals surface area contributed by atoms with Crippen molar-refractivity contribution in [2.24, 2.45) is 17.8 Å². The molecule has 0 spiro atoms. The van der Waals surface area contributed by atoms with Crippen LogP contribution in [0.5, 0.6) is 0 Å². The quantitative estimate of drug-likeness (QED) is 0.694. The monoisotopic (exact) mass is 196 g/mol. The summed E-state index contributed by atoms with van der Waals surface area (Å²) in [6.45, 7) is 1.71. The maximum atomic E-state index is 10.6. The highest BCUT2D eigenvalue weighted by atomic mass is 16.5. The second kappa shape index (κ2) is 3.21. The van der Waals surface area contributed by atoms with Crippen LogP contribution in [0.15, 0.2) is 0 Å². The molecule has 3 unspecified atom stereocenters. The molecule has 0 aromatic rings. The Morgan fingerprint density at radius 3 is 2.29 bits per heavy atom. The van der Waals surface area contributed by atoms with Gasteiger partial charge in [0.05, 0.1) is 12.2 Å². The Bertz CT molecular complexity index is 208. The van der Waals surface area contributed by atoms with E-state index in [1.54, 1.807) is 0 Å². The molecule has 0 aromatic carbocycles. The first-order valence-corrected chi connectivity index (χ1v) is 6.13. The number of hydrogen-bond donors (Lipinski definition) is 1. The van der Waals surface area contributed by atoms with E-state index in [1.165, 1.54) is 32.1 Å². The average molecular weight is 196 g/mol. The van der Waals surface area contributed by atoms with Crippen molar-refractivity contribution in [3.63, 3.8) is 0 Å². The predicted octanol–water partition coefficient (Wildman–Crippen LogP) is 1.96. The van der Waals surface area contributed by atoms with Gasteiger partial charge >= 0.3 is 0 Å².